The molecule has 1 N–H and O–H groups in total. The van der Waals surface area contributed by atoms with E-state index in [1.54, 1.807) is 7.11 Å². The maximum absolute atomic E-state index is 12.4. The molecule has 4 nitrogen and oxygen atoms in total. The van der Waals surface area contributed by atoms with Gasteiger partial charge in [0, 0.05) is 5.56 Å². The van der Waals surface area contributed by atoms with Gasteiger partial charge >= 0.3 is 0 Å². The maximum Gasteiger partial charge on any atom is 0.271 e. The fourth-order valence-electron chi connectivity index (χ4n) is 2.76. The van der Waals surface area contributed by atoms with Gasteiger partial charge in [0.25, 0.3) is 5.91 Å². The summed E-state index contributed by atoms with van der Waals surface area (Å²) >= 11 is 0. The van der Waals surface area contributed by atoms with Crippen LogP contribution in [0.4, 0.5) is 0 Å². The Morgan fingerprint density at radius 1 is 0.852 bits per heavy atom. The molecule has 3 aromatic rings. The van der Waals surface area contributed by atoms with Crippen LogP contribution in [0.2, 0.25) is 0 Å². The molecule has 27 heavy (non-hydrogen) atoms. The highest BCUT2D eigenvalue weighted by atomic mass is 16.5. The van der Waals surface area contributed by atoms with E-state index in [-0.39, 0.29) is 5.91 Å². The van der Waals surface area contributed by atoms with E-state index < -0.39 is 0 Å². The third-order valence-corrected chi connectivity index (χ3v) is 4.30. The van der Waals surface area contributed by atoms with Gasteiger partial charge < -0.3 is 4.74 Å². The summed E-state index contributed by atoms with van der Waals surface area (Å²) < 4.78 is 5.17. The topological polar surface area (TPSA) is 50.7 Å². The van der Waals surface area contributed by atoms with Crippen LogP contribution >= 0.6 is 0 Å². The second-order valence-electron chi connectivity index (χ2n) is 6.02. The van der Waals surface area contributed by atoms with Crippen molar-refractivity contribution in [3.8, 4) is 16.9 Å². The zero-order valence-corrected chi connectivity index (χ0v) is 15.5. The molecule has 0 heterocycles. The van der Waals surface area contributed by atoms with Crippen molar-refractivity contribution in [2.75, 3.05) is 7.11 Å². The SMILES string of the molecule is CCC(=NNC(=O)c1ccc(-c2ccccc2)cc1)c1ccc(OC)cc1. The summed E-state index contributed by atoms with van der Waals surface area (Å²) in [6, 6.07) is 25.2. The fourth-order valence-corrected chi connectivity index (χ4v) is 2.76. The first-order valence-electron chi connectivity index (χ1n) is 8.88. The van der Waals surface area contributed by atoms with Gasteiger partial charge in [-0.05, 0) is 59.5 Å². The lowest BCUT2D eigenvalue weighted by atomic mass is 10.0. The Hall–Kier alpha value is -3.40. The predicted molar refractivity (Wildman–Crippen MR) is 109 cm³/mol. The van der Waals surface area contributed by atoms with Crippen LogP contribution in [-0.2, 0) is 0 Å². The van der Waals surface area contributed by atoms with Gasteiger partial charge in [-0.3, -0.25) is 4.79 Å². The van der Waals surface area contributed by atoms with Gasteiger partial charge in [0.05, 0.1) is 12.8 Å². The lowest BCUT2D eigenvalue weighted by molar-refractivity contribution is 0.0955. The van der Waals surface area contributed by atoms with E-state index in [1.165, 1.54) is 0 Å². The monoisotopic (exact) mass is 358 g/mol. The number of hydrogen-bond acceptors (Lipinski definition) is 3. The molecule has 0 atom stereocenters. The second kappa shape index (κ2) is 8.81. The summed E-state index contributed by atoms with van der Waals surface area (Å²) in [5, 5.41) is 4.30. The van der Waals surface area contributed by atoms with Crippen LogP contribution in [-0.4, -0.2) is 18.7 Å². The number of carbonyl (C=O) groups excluding carboxylic acids is 1. The first-order valence-corrected chi connectivity index (χ1v) is 8.88. The van der Waals surface area contributed by atoms with Gasteiger partial charge in [0.1, 0.15) is 5.75 Å². The minimum atomic E-state index is -0.228. The number of carbonyl (C=O) groups is 1. The summed E-state index contributed by atoms with van der Waals surface area (Å²) in [5.74, 6) is 0.561. The van der Waals surface area contributed by atoms with E-state index >= 15 is 0 Å². The van der Waals surface area contributed by atoms with Crippen molar-refractivity contribution in [3.63, 3.8) is 0 Å². The van der Waals surface area contributed by atoms with Crippen molar-refractivity contribution in [2.24, 2.45) is 5.10 Å². The average Bonchev–Trinajstić information content (AvgIpc) is 2.75. The Kier molecular flexibility index (Phi) is 6.00. The third-order valence-electron chi connectivity index (χ3n) is 4.30. The van der Waals surface area contributed by atoms with Gasteiger partial charge in [-0.2, -0.15) is 5.10 Å². The van der Waals surface area contributed by atoms with Gasteiger partial charge in [0.2, 0.25) is 0 Å². The van der Waals surface area contributed by atoms with Gasteiger partial charge in [-0.25, -0.2) is 5.43 Å². The molecule has 0 spiro atoms. The van der Waals surface area contributed by atoms with E-state index in [9.17, 15) is 4.79 Å². The first kappa shape index (κ1) is 18.4. The van der Waals surface area contributed by atoms with Gasteiger partial charge in [-0.15, -0.1) is 0 Å². The number of benzene rings is 3. The zero-order valence-electron chi connectivity index (χ0n) is 15.5. The molecule has 1 amide bonds. The number of hydrogen-bond donors (Lipinski definition) is 1. The number of nitrogens with zero attached hydrogens (tertiary/aromatic N) is 1. The van der Waals surface area contributed by atoms with Crippen molar-refractivity contribution in [3.05, 3.63) is 90.0 Å². The normalized spacial score (nSPS) is 11.1. The molecular weight excluding hydrogens is 336 g/mol. The van der Waals surface area contributed by atoms with E-state index in [0.29, 0.717) is 12.0 Å². The molecular formula is C23H22N2O2. The number of rotatable bonds is 6. The van der Waals surface area contributed by atoms with Gasteiger partial charge in [0.15, 0.2) is 0 Å². The summed E-state index contributed by atoms with van der Waals surface area (Å²) in [6.45, 7) is 2.00. The molecule has 0 fully saturated rings. The largest absolute Gasteiger partial charge is 0.497 e. The number of methoxy groups -OCH3 is 1. The fraction of sp³-hybridized carbons (Fsp3) is 0.130. The molecule has 0 aliphatic carbocycles. The third kappa shape index (κ3) is 4.61. The van der Waals surface area contributed by atoms with Crippen molar-refractivity contribution in [1.29, 1.82) is 0 Å². The van der Waals surface area contributed by atoms with E-state index in [2.05, 4.69) is 10.5 Å². The van der Waals surface area contributed by atoms with E-state index in [4.69, 9.17) is 4.74 Å². The molecule has 0 bridgehead atoms. The first-order chi connectivity index (χ1) is 13.2. The number of amides is 1. The Morgan fingerprint density at radius 3 is 2.04 bits per heavy atom. The van der Waals surface area contributed by atoms with Crippen LogP contribution in [0, 0.1) is 0 Å². The quantitative estimate of drug-likeness (QED) is 0.503. The number of hydrazone groups is 1. The van der Waals surface area contributed by atoms with Crippen LogP contribution in [0.1, 0.15) is 29.3 Å². The van der Waals surface area contributed by atoms with Gasteiger partial charge in [-0.1, -0.05) is 49.4 Å². The minimum Gasteiger partial charge on any atom is -0.497 e. The number of ether oxygens (including phenoxy) is 1. The molecule has 0 aromatic heterocycles. The van der Waals surface area contributed by atoms with Crippen LogP contribution in [0.15, 0.2) is 84.0 Å². The lowest BCUT2D eigenvalue weighted by Crippen LogP contribution is -2.19. The average molecular weight is 358 g/mol. The summed E-state index contributed by atoms with van der Waals surface area (Å²) in [4.78, 5) is 12.4. The Bertz CT molecular complexity index is 915. The van der Waals surface area contributed by atoms with Crippen LogP contribution in [0.5, 0.6) is 5.75 Å². The number of nitrogens with one attached hydrogen (secondary N) is 1. The van der Waals surface area contributed by atoms with Crippen molar-refractivity contribution >= 4 is 11.6 Å². The molecule has 0 unspecified atom stereocenters. The summed E-state index contributed by atoms with van der Waals surface area (Å²) in [7, 11) is 1.63. The molecule has 0 aliphatic heterocycles. The molecule has 0 saturated heterocycles. The second-order valence-corrected chi connectivity index (χ2v) is 6.02. The van der Waals surface area contributed by atoms with Crippen LogP contribution in [0.25, 0.3) is 11.1 Å². The minimum absolute atomic E-state index is 0.228. The highest BCUT2D eigenvalue weighted by Gasteiger charge is 2.07. The zero-order chi connectivity index (χ0) is 19.1. The van der Waals surface area contributed by atoms with Crippen molar-refractivity contribution in [2.45, 2.75) is 13.3 Å². The van der Waals surface area contributed by atoms with Crippen molar-refractivity contribution in [1.82, 2.24) is 5.43 Å². The Morgan fingerprint density at radius 2 is 1.44 bits per heavy atom. The maximum atomic E-state index is 12.4. The Balaban J connectivity index is 1.70. The van der Waals surface area contributed by atoms with E-state index in [0.717, 1.165) is 28.2 Å². The molecule has 136 valence electrons. The summed E-state index contributed by atoms with van der Waals surface area (Å²) in [6.07, 6.45) is 0.708. The highest BCUT2D eigenvalue weighted by molar-refractivity contribution is 6.02. The van der Waals surface area contributed by atoms with E-state index in [1.807, 2.05) is 85.8 Å². The molecule has 3 aromatic carbocycles. The molecule has 0 radical (unpaired) electrons. The van der Waals surface area contributed by atoms with Crippen LogP contribution < -0.4 is 10.2 Å². The highest BCUT2D eigenvalue weighted by Crippen LogP contribution is 2.19. The molecule has 3 rings (SSSR count). The molecule has 4 heteroatoms. The summed E-state index contributed by atoms with van der Waals surface area (Å²) in [5.41, 5.74) is 7.19. The van der Waals surface area contributed by atoms with Crippen molar-refractivity contribution < 1.29 is 9.53 Å². The lowest BCUT2D eigenvalue weighted by Gasteiger charge is -2.07. The molecule has 0 aliphatic rings. The molecule has 0 saturated carbocycles. The smallest absolute Gasteiger partial charge is 0.271 e. The van der Waals surface area contributed by atoms with Crippen LogP contribution in [0.3, 0.4) is 0 Å². The predicted octanol–water partition coefficient (Wildman–Crippen LogP) is 4.91. The standard InChI is InChI=1S/C23H22N2O2/c1-3-22(19-13-15-21(27-2)16-14-19)24-25-23(26)20-11-9-18(10-12-20)17-7-5-4-6-8-17/h4-16H,3H2,1-2H3,(H,25,26). The Labute approximate surface area is 159 Å².